The number of aliphatic hydroxyl groups is 1. The van der Waals surface area contributed by atoms with Gasteiger partial charge in [-0.3, -0.25) is 9.59 Å². The average Bonchev–Trinajstić information content (AvgIpc) is 2.54. The molecule has 0 aliphatic heterocycles. The van der Waals surface area contributed by atoms with Crippen molar-refractivity contribution in [3.8, 4) is 0 Å². The van der Waals surface area contributed by atoms with Crippen molar-refractivity contribution >= 4 is 11.8 Å². The van der Waals surface area contributed by atoms with Crippen LogP contribution in [0.1, 0.15) is 32.8 Å². The molecule has 0 bridgehead atoms. The monoisotopic (exact) mass is 322 g/mol. The first-order valence-corrected chi connectivity index (χ1v) is 7.69. The van der Waals surface area contributed by atoms with Gasteiger partial charge >= 0.3 is 5.97 Å². The summed E-state index contributed by atoms with van der Waals surface area (Å²) in [6.45, 7) is 5.87. The van der Waals surface area contributed by atoms with Gasteiger partial charge in [0.25, 0.3) is 0 Å². The second-order valence-electron chi connectivity index (χ2n) is 6.32. The first-order chi connectivity index (χ1) is 10.8. The van der Waals surface area contributed by atoms with E-state index in [2.05, 4.69) is 4.74 Å². The SMILES string of the molecule is COC(=O)CC(=O)C(C)(C)[C@@H](O)[C@@H](C)COCc1ccccc1. The summed E-state index contributed by atoms with van der Waals surface area (Å²) >= 11 is 0. The molecular formula is C18H26O5. The van der Waals surface area contributed by atoms with Gasteiger partial charge in [0.2, 0.25) is 0 Å². The average molecular weight is 322 g/mol. The number of aliphatic hydroxyl groups excluding tert-OH is 1. The zero-order valence-corrected chi connectivity index (χ0v) is 14.2. The number of carbonyl (C=O) groups is 2. The molecule has 0 aliphatic carbocycles. The van der Waals surface area contributed by atoms with Gasteiger partial charge in [0.1, 0.15) is 6.42 Å². The van der Waals surface area contributed by atoms with E-state index >= 15 is 0 Å². The molecule has 0 fully saturated rings. The van der Waals surface area contributed by atoms with Gasteiger partial charge in [0.05, 0.1) is 31.8 Å². The highest BCUT2D eigenvalue weighted by atomic mass is 16.5. The number of hydrogen-bond acceptors (Lipinski definition) is 5. The highest BCUT2D eigenvalue weighted by molar-refractivity contribution is 5.98. The van der Waals surface area contributed by atoms with Gasteiger partial charge in [-0.2, -0.15) is 0 Å². The lowest BCUT2D eigenvalue weighted by Gasteiger charge is -2.32. The molecule has 128 valence electrons. The minimum absolute atomic E-state index is 0.240. The van der Waals surface area contributed by atoms with Gasteiger partial charge in [-0.25, -0.2) is 0 Å². The van der Waals surface area contributed by atoms with Crippen LogP contribution in [-0.4, -0.2) is 36.7 Å². The second kappa shape index (κ2) is 8.79. The summed E-state index contributed by atoms with van der Waals surface area (Å²) < 4.78 is 10.1. The Morgan fingerprint density at radius 1 is 1.22 bits per heavy atom. The van der Waals surface area contributed by atoms with Crippen molar-refractivity contribution in [3.63, 3.8) is 0 Å². The van der Waals surface area contributed by atoms with E-state index in [1.807, 2.05) is 37.3 Å². The molecule has 1 N–H and O–H groups in total. The number of carbonyl (C=O) groups excluding carboxylic acids is 2. The maximum absolute atomic E-state index is 12.2. The smallest absolute Gasteiger partial charge is 0.313 e. The lowest BCUT2D eigenvalue weighted by atomic mass is 9.76. The highest BCUT2D eigenvalue weighted by Gasteiger charge is 2.39. The number of hydrogen-bond donors (Lipinski definition) is 1. The van der Waals surface area contributed by atoms with Crippen LogP contribution in [0.15, 0.2) is 30.3 Å². The Labute approximate surface area is 137 Å². The molecule has 0 heterocycles. The Morgan fingerprint density at radius 2 is 1.83 bits per heavy atom. The standard InChI is InChI=1S/C18H26O5/c1-13(11-23-12-14-8-6-5-7-9-14)17(21)18(2,3)15(19)10-16(20)22-4/h5-9,13,17,21H,10-12H2,1-4H3/t13-,17-/m0/s1. The number of esters is 1. The van der Waals surface area contributed by atoms with Crippen molar-refractivity contribution < 1.29 is 24.2 Å². The molecule has 0 unspecified atom stereocenters. The molecule has 2 atom stereocenters. The summed E-state index contributed by atoms with van der Waals surface area (Å²) in [6.07, 6.45) is -1.24. The van der Waals surface area contributed by atoms with Gasteiger partial charge in [-0.1, -0.05) is 51.1 Å². The minimum Gasteiger partial charge on any atom is -0.469 e. The first kappa shape index (κ1) is 19.3. The first-order valence-electron chi connectivity index (χ1n) is 7.69. The maximum Gasteiger partial charge on any atom is 0.313 e. The van der Waals surface area contributed by atoms with Crippen LogP contribution < -0.4 is 0 Å². The summed E-state index contributed by atoms with van der Waals surface area (Å²) in [7, 11) is 1.24. The Balaban J connectivity index is 2.51. The van der Waals surface area contributed by atoms with Gasteiger partial charge in [-0.15, -0.1) is 0 Å². The molecule has 0 aromatic heterocycles. The molecule has 0 saturated heterocycles. The number of methoxy groups -OCH3 is 1. The van der Waals surface area contributed by atoms with E-state index in [1.54, 1.807) is 13.8 Å². The highest BCUT2D eigenvalue weighted by Crippen LogP contribution is 2.29. The molecule has 1 rings (SSSR count). The number of benzene rings is 1. The van der Waals surface area contributed by atoms with Crippen molar-refractivity contribution in [3.05, 3.63) is 35.9 Å². The summed E-state index contributed by atoms with van der Waals surface area (Å²) in [6, 6.07) is 9.73. The van der Waals surface area contributed by atoms with E-state index < -0.39 is 17.5 Å². The largest absolute Gasteiger partial charge is 0.469 e. The number of rotatable bonds is 9. The molecule has 0 saturated carbocycles. The Hall–Kier alpha value is -1.72. The fourth-order valence-electron chi connectivity index (χ4n) is 2.34. The summed E-state index contributed by atoms with van der Waals surface area (Å²) in [4.78, 5) is 23.4. The zero-order chi connectivity index (χ0) is 17.5. The quantitative estimate of drug-likeness (QED) is 0.558. The Kier molecular flexibility index (Phi) is 7.39. The topological polar surface area (TPSA) is 72.8 Å². The van der Waals surface area contributed by atoms with Crippen molar-refractivity contribution in [2.24, 2.45) is 11.3 Å². The lowest BCUT2D eigenvalue weighted by molar-refractivity contribution is -0.148. The molecule has 0 spiro atoms. The number of Topliss-reactive ketones (excluding diaryl/α,β-unsaturated/α-hetero) is 1. The predicted molar refractivity (Wildman–Crippen MR) is 86.7 cm³/mol. The van der Waals surface area contributed by atoms with E-state index in [-0.39, 0.29) is 18.1 Å². The van der Waals surface area contributed by atoms with Crippen molar-refractivity contribution in [1.29, 1.82) is 0 Å². The Morgan fingerprint density at radius 3 is 2.39 bits per heavy atom. The van der Waals surface area contributed by atoms with Gasteiger partial charge < -0.3 is 14.6 Å². The summed E-state index contributed by atoms with van der Waals surface area (Å²) in [5.41, 5.74) is 0.0131. The van der Waals surface area contributed by atoms with Crippen LogP contribution in [0.2, 0.25) is 0 Å². The fourth-order valence-corrected chi connectivity index (χ4v) is 2.34. The molecule has 0 amide bonds. The van der Waals surface area contributed by atoms with Crippen LogP contribution in [-0.2, 0) is 25.7 Å². The van der Waals surface area contributed by atoms with Crippen LogP contribution in [0, 0.1) is 11.3 Å². The molecule has 23 heavy (non-hydrogen) atoms. The van der Waals surface area contributed by atoms with Crippen LogP contribution >= 0.6 is 0 Å². The van der Waals surface area contributed by atoms with Gasteiger partial charge in [0, 0.05) is 5.92 Å². The third kappa shape index (κ3) is 5.77. The molecule has 1 aromatic carbocycles. The molecule has 5 nitrogen and oxygen atoms in total. The third-order valence-electron chi connectivity index (χ3n) is 4.02. The molecule has 1 aromatic rings. The van der Waals surface area contributed by atoms with E-state index in [4.69, 9.17) is 4.74 Å². The zero-order valence-electron chi connectivity index (χ0n) is 14.2. The van der Waals surface area contributed by atoms with E-state index in [9.17, 15) is 14.7 Å². The van der Waals surface area contributed by atoms with Crippen LogP contribution in [0.4, 0.5) is 0 Å². The van der Waals surface area contributed by atoms with E-state index in [0.717, 1.165) is 5.56 Å². The van der Waals surface area contributed by atoms with E-state index in [1.165, 1.54) is 7.11 Å². The van der Waals surface area contributed by atoms with Crippen LogP contribution in [0.5, 0.6) is 0 Å². The molecule has 0 aliphatic rings. The minimum atomic E-state index is -1.04. The van der Waals surface area contributed by atoms with Crippen LogP contribution in [0.25, 0.3) is 0 Å². The maximum atomic E-state index is 12.2. The third-order valence-corrected chi connectivity index (χ3v) is 4.02. The lowest BCUT2D eigenvalue weighted by Crippen LogP contribution is -2.43. The second-order valence-corrected chi connectivity index (χ2v) is 6.32. The summed E-state index contributed by atoms with van der Waals surface area (Å²) in [5, 5.41) is 10.4. The molecule has 5 heteroatoms. The van der Waals surface area contributed by atoms with Crippen molar-refractivity contribution in [1.82, 2.24) is 0 Å². The van der Waals surface area contributed by atoms with Gasteiger partial charge in [0.15, 0.2) is 5.78 Å². The number of ether oxygens (including phenoxy) is 2. The van der Waals surface area contributed by atoms with Crippen molar-refractivity contribution in [2.45, 2.75) is 39.9 Å². The fraction of sp³-hybridized carbons (Fsp3) is 0.556. The van der Waals surface area contributed by atoms with Crippen molar-refractivity contribution in [2.75, 3.05) is 13.7 Å². The van der Waals surface area contributed by atoms with Gasteiger partial charge in [-0.05, 0) is 5.56 Å². The normalized spacial score (nSPS) is 14.1. The summed E-state index contributed by atoms with van der Waals surface area (Å²) in [5.74, 6) is -1.18. The molecule has 0 radical (unpaired) electrons. The Bertz CT molecular complexity index is 509. The predicted octanol–water partition coefficient (Wildman–Crippen LogP) is 2.36. The number of ketones is 1. The van der Waals surface area contributed by atoms with E-state index in [0.29, 0.717) is 13.2 Å². The van der Waals surface area contributed by atoms with Crippen LogP contribution in [0.3, 0.4) is 0 Å². The molecular weight excluding hydrogens is 296 g/mol.